The average molecular weight is 366 g/mol. The molecule has 0 aliphatic carbocycles. The SMILES string of the molecule is CC(=O)c1cccc(OCC(=O)OCc2cc(=O)n3c(C)cccc3n2)c1. The molecule has 0 fully saturated rings. The smallest absolute Gasteiger partial charge is 0.344 e. The fourth-order valence-corrected chi connectivity index (χ4v) is 2.58. The first-order valence-electron chi connectivity index (χ1n) is 8.32. The minimum absolute atomic E-state index is 0.0908. The molecule has 7 heteroatoms. The fourth-order valence-electron chi connectivity index (χ4n) is 2.58. The van der Waals surface area contributed by atoms with Crippen LogP contribution >= 0.6 is 0 Å². The molecule has 0 aliphatic rings. The lowest BCUT2D eigenvalue weighted by Gasteiger charge is -2.09. The van der Waals surface area contributed by atoms with Crippen LogP contribution in [0.5, 0.6) is 5.75 Å². The summed E-state index contributed by atoms with van der Waals surface area (Å²) in [4.78, 5) is 39.8. The number of Topliss-reactive ketones (excluding diaryl/α,β-unsaturated/α-hetero) is 1. The lowest BCUT2D eigenvalue weighted by molar-refractivity contribution is -0.147. The van der Waals surface area contributed by atoms with E-state index in [0.717, 1.165) is 5.69 Å². The quantitative estimate of drug-likeness (QED) is 0.492. The molecule has 27 heavy (non-hydrogen) atoms. The zero-order valence-electron chi connectivity index (χ0n) is 15.0. The van der Waals surface area contributed by atoms with Crippen LogP contribution in [0.25, 0.3) is 5.65 Å². The number of rotatable bonds is 6. The maximum absolute atomic E-state index is 12.2. The molecule has 0 aliphatic heterocycles. The van der Waals surface area contributed by atoms with Crippen molar-refractivity contribution in [3.05, 3.63) is 75.8 Å². The van der Waals surface area contributed by atoms with E-state index in [1.54, 1.807) is 36.4 Å². The van der Waals surface area contributed by atoms with Crippen LogP contribution in [0.1, 0.15) is 28.7 Å². The summed E-state index contributed by atoms with van der Waals surface area (Å²) < 4.78 is 11.9. The Bertz CT molecular complexity index is 1070. The highest BCUT2D eigenvalue weighted by Gasteiger charge is 2.09. The van der Waals surface area contributed by atoms with Gasteiger partial charge in [-0.3, -0.25) is 14.0 Å². The second-order valence-electron chi connectivity index (χ2n) is 5.98. The molecule has 0 spiro atoms. The second kappa shape index (κ2) is 7.82. The summed E-state index contributed by atoms with van der Waals surface area (Å²) in [6, 6.07) is 13.2. The Morgan fingerprint density at radius 3 is 2.67 bits per heavy atom. The Balaban J connectivity index is 1.61. The fraction of sp³-hybridized carbons (Fsp3) is 0.200. The van der Waals surface area contributed by atoms with Crippen molar-refractivity contribution in [2.75, 3.05) is 6.61 Å². The van der Waals surface area contributed by atoms with Gasteiger partial charge < -0.3 is 9.47 Å². The molecular formula is C20H18N2O5. The highest BCUT2D eigenvalue weighted by Crippen LogP contribution is 2.14. The zero-order valence-corrected chi connectivity index (χ0v) is 15.0. The molecule has 2 heterocycles. The van der Waals surface area contributed by atoms with Crippen LogP contribution in [-0.2, 0) is 16.1 Å². The van der Waals surface area contributed by atoms with Gasteiger partial charge in [-0.2, -0.15) is 0 Å². The van der Waals surface area contributed by atoms with Crippen molar-refractivity contribution < 1.29 is 19.1 Å². The normalized spacial score (nSPS) is 10.6. The molecule has 0 bridgehead atoms. The lowest BCUT2D eigenvalue weighted by atomic mass is 10.1. The summed E-state index contributed by atoms with van der Waals surface area (Å²) in [6.45, 7) is 2.82. The Morgan fingerprint density at radius 1 is 1.11 bits per heavy atom. The van der Waals surface area contributed by atoms with Gasteiger partial charge in [-0.25, -0.2) is 9.78 Å². The van der Waals surface area contributed by atoms with Crippen molar-refractivity contribution in [3.8, 4) is 5.75 Å². The Morgan fingerprint density at radius 2 is 1.89 bits per heavy atom. The summed E-state index contributed by atoms with van der Waals surface area (Å²) in [7, 11) is 0. The van der Waals surface area contributed by atoms with E-state index < -0.39 is 5.97 Å². The second-order valence-corrected chi connectivity index (χ2v) is 5.98. The number of nitrogens with zero attached hydrogens (tertiary/aromatic N) is 2. The van der Waals surface area contributed by atoms with Crippen LogP contribution in [-0.4, -0.2) is 27.7 Å². The van der Waals surface area contributed by atoms with Crippen LogP contribution in [0.3, 0.4) is 0 Å². The van der Waals surface area contributed by atoms with E-state index in [-0.39, 0.29) is 24.6 Å². The van der Waals surface area contributed by atoms with Gasteiger partial charge in [0.1, 0.15) is 18.0 Å². The van der Waals surface area contributed by atoms with Crippen LogP contribution in [0.2, 0.25) is 0 Å². The van der Waals surface area contributed by atoms with Gasteiger partial charge >= 0.3 is 5.97 Å². The number of fused-ring (bicyclic) bond motifs is 1. The van der Waals surface area contributed by atoms with E-state index in [2.05, 4.69) is 4.98 Å². The number of esters is 1. The third-order valence-corrected chi connectivity index (χ3v) is 3.91. The topological polar surface area (TPSA) is 87.0 Å². The summed E-state index contributed by atoms with van der Waals surface area (Å²) >= 11 is 0. The predicted octanol–water partition coefficient (Wildman–Crippen LogP) is 2.33. The number of carbonyl (C=O) groups is 2. The van der Waals surface area contributed by atoms with E-state index in [0.29, 0.717) is 22.7 Å². The average Bonchev–Trinajstić information content (AvgIpc) is 2.64. The van der Waals surface area contributed by atoms with Gasteiger partial charge in [0.25, 0.3) is 5.56 Å². The number of hydrogen-bond acceptors (Lipinski definition) is 6. The molecule has 0 radical (unpaired) electrons. The standard InChI is InChI=1S/C20H18N2O5/c1-13-5-3-8-18-21-16(10-19(24)22(13)18)11-27-20(25)12-26-17-7-4-6-15(9-17)14(2)23/h3-10H,11-12H2,1-2H3. The van der Waals surface area contributed by atoms with E-state index in [1.165, 1.54) is 17.4 Å². The van der Waals surface area contributed by atoms with Crippen molar-refractivity contribution >= 4 is 17.4 Å². The van der Waals surface area contributed by atoms with Gasteiger partial charge in [0.2, 0.25) is 0 Å². The predicted molar refractivity (Wildman–Crippen MR) is 97.9 cm³/mol. The van der Waals surface area contributed by atoms with Crippen LogP contribution in [0.15, 0.2) is 53.3 Å². The molecule has 138 valence electrons. The number of aromatic nitrogens is 2. The van der Waals surface area contributed by atoms with Crippen molar-refractivity contribution in [1.29, 1.82) is 0 Å². The van der Waals surface area contributed by atoms with Gasteiger partial charge in [-0.15, -0.1) is 0 Å². The minimum Gasteiger partial charge on any atom is -0.482 e. The Labute approximate surface area is 155 Å². The molecule has 0 unspecified atom stereocenters. The van der Waals surface area contributed by atoms with Gasteiger partial charge in [0.05, 0.1) is 5.69 Å². The molecule has 2 aromatic heterocycles. The highest BCUT2D eigenvalue weighted by molar-refractivity contribution is 5.94. The van der Waals surface area contributed by atoms with Gasteiger partial charge in [0.15, 0.2) is 12.4 Å². The van der Waals surface area contributed by atoms with Gasteiger partial charge in [0, 0.05) is 17.3 Å². The summed E-state index contributed by atoms with van der Waals surface area (Å²) in [5, 5.41) is 0. The first-order valence-corrected chi connectivity index (χ1v) is 8.32. The molecule has 3 rings (SSSR count). The van der Waals surface area contributed by atoms with Crippen molar-refractivity contribution in [2.45, 2.75) is 20.5 Å². The molecule has 3 aromatic rings. The first-order chi connectivity index (χ1) is 12.9. The summed E-state index contributed by atoms with van der Waals surface area (Å²) in [5.41, 5.74) is 1.89. The largest absolute Gasteiger partial charge is 0.482 e. The molecular weight excluding hydrogens is 348 g/mol. The number of ether oxygens (including phenoxy) is 2. The van der Waals surface area contributed by atoms with Crippen LogP contribution in [0, 0.1) is 6.92 Å². The molecule has 0 amide bonds. The van der Waals surface area contributed by atoms with E-state index >= 15 is 0 Å². The van der Waals surface area contributed by atoms with E-state index in [4.69, 9.17) is 9.47 Å². The third kappa shape index (κ3) is 4.38. The monoisotopic (exact) mass is 366 g/mol. The van der Waals surface area contributed by atoms with Crippen LogP contribution in [0.4, 0.5) is 0 Å². The molecule has 0 saturated carbocycles. The summed E-state index contributed by atoms with van der Waals surface area (Å²) in [6.07, 6.45) is 0. The van der Waals surface area contributed by atoms with Gasteiger partial charge in [-0.05, 0) is 38.1 Å². The minimum atomic E-state index is -0.602. The number of ketones is 1. The number of benzene rings is 1. The van der Waals surface area contributed by atoms with E-state index in [9.17, 15) is 14.4 Å². The van der Waals surface area contributed by atoms with Crippen LogP contribution < -0.4 is 10.3 Å². The lowest BCUT2D eigenvalue weighted by Crippen LogP contribution is -2.19. The maximum Gasteiger partial charge on any atom is 0.344 e. The molecule has 7 nitrogen and oxygen atoms in total. The van der Waals surface area contributed by atoms with Crippen molar-refractivity contribution in [1.82, 2.24) is 9.38 Å². The Hall–Kier alpha value is -3.48. The van der Waals surface area contributed by atoms with Gasteiger partial charge in [-0.1, -0.05) is 18.2 Å². The zero-order chi connectivity index (χ0) is 19.4. The number of hydrogen-bond donors (Lipinski definition) is 0. The summed E-state index contributed by atoms with van der Waals surface area (Å²) in [5.74, 6) is -0.293. The van der Waals surface area contributed by atoms with Crippen molar-refractivity contribution in [2.24, 2.45) is 0 Å². The molecule has 1 aromatic carbocycles. The number of pyridine rings is 1. The molecule has 0 saturated heterocycles. The van der Waals surface area contributed by atoms with E-state index in [1.807, 2.05) is 13.0 Å². The molecule has 0 N–H and O–H groups in total. The number of aryl methyl sites for hydroxylation is 1. The maximum atomic E-state index is 12.2. The molecule has 0 atom stereocenters. The number of carbonyl (C=O) groups excluding carboxylic acids is 2. The van der Waals surface area contributed by atoms with Crippen molar-refractivity contribution in [3.63, 3.8) is 0 Å². The Kier molecular flexibility index (Phi) is 5.30. The highest BCUT2D eigenvalue weighted by atomic mass is 16.6. The first kappa shape index (κ1) is 18.3. The third-order valence-electron chi connectivity index (χ3n) is 3.91.